The van der Waals surface area contributed by atoms with Gasteiger partial charge in [0.1, 0.15) is 0 Å². The minimum absolute atomic E-state index is 0.0331. The summed E-state index contributed by atoms with van der Waals surface area (Å²) in [5.41, 5.74) is 2.75. The van der Waals surface area contributed by atoms with Crippen LogP contribution in [0.25, 0.3) is 0 Å². The zero-order valence-corrected chi connectivity index (χ0v) is 21.1. The summed E-state index contributed by atoms with van der Waals surface area (Å²) < 4.78 is 28.5. The fourth-order valence-electron chi connectivity index (χ4n) is 5.31. The van der Waals surface area contributed by atoms with Crippen molar-refractivity contribution >= 4 is 27.5 Å². The minimum Gasteiger partial charge on any atom is -0.349 e. The van der Waals surface area contributed by atoms with Crippen LogP contribution in [0.5, 0.6) is 0 Å². The Balaban J connectivity index is 1.29. The SMILES string of the molecule is C[C@H](NC(=O)[C@@H]1CCCN(S(=O)(=O)c2ccc3c(c2)C[C@H](C)N3C(=O)C2CC2)C1)c1ccccc1. The zero-order valence-electron chi connectivity index (χ0n) is 20.3. The summed E-state index contributed by atoms with van der Waals surface area (Å²) in [5.74, 6) is -0.224. The number of sulfonamides is 1. The van der Waals surface area contributed by atoms with Gasteiger partial charge in [0.2, 0.25) is 21.8 Å². The smallest absolute Gasteiger partial charge is 0.243 e. The summed E-state index contributed by atoms with van der Waals surface area (Å²) in [6.07, 6.45) is 3.84. The lowest BCUT2D eigenvalue weighted by Gasteiger charge is -2.32. The van der Waals surface area contributed by atoms with Crippen molar-refractivity contribution in [3.05, 3.63) is 59.7 Å². The van der Waals surface area contributed by atoms with Gasteiger partial charge in [-0.2, -0.15) is 4.31 Å². The highest BCUT2D eigenvalue weighted by Gasteiger charge is 2.40. The second-order valence-corrected chi connectivity index (χ2v) is 12.1. The van der Waals surface area contributed by atoms with E-state index in [1.165, 1.54) is 4.31 Å². The van der Waals surface area contributed by atoms with E-state index in [0.29, 0.717) is 25.8 Å². The van der Waals surface area contributed by atoms with Crippen LogP contribution >= 0.6 is 0 Å². The molecule has 0 bridgehead atoms. The molecule has 7 nitrogen and oxygen atoms in total. The van der Waals surface area contributed by atoms with E-state index in [0.717, 1.165) is 29.7 Å². The molecule has 5 rings (SSSR count). The van der Waals surface area contributed by atoms with Crippen LogP contribution in [0.3, 0.4) is 0 Å². The molecule has 2 aromatic carbocycles. The Hall–Kier alpha value is -2.71. The third-order valence-corrected chi connectivity index (χ3v) is 9.34. The van der Waals surface area contributed by atoms with Crippen molar-refractivity contribution in [1.29, 1.82) is 0 Å². The molecule has 8 heteroatoms. The lowest BCUT2D eigenvalue weighted by molar-refractivity contribution is -0.126. The van der Waals surface area contributed by atoms with Crippen LogP contribution < -0.4 is 10.2 Å². The van der Waals surface area contributed by atoms with E-state index in [9.17, 15) is 18.0 Å². The topological polar surface area (TPSA) is 86.8 Å². The number of fused-ring (bicyclic) bond motifs is 1. The Bertz CT molecular complexity index is 1230. The standard InChI is InChI=1S/C27H33N3O4S/c1-18-15-23-16-24(12-13-25(23)30(18)27(32)21-10-11-21)35(33,34)29-14-6-9-22(17-29)26(31)28-19(2)20-7-4-3-5-8-20/h3-5,7-8,12-13,16,18-19,21-22H,6,9-11,14-15,17H2,1-2H3,(H,28,31)/t18-,19-,22+/m0/s1. The summed E-state index contributed by atoms with van der Waals surface area (Å²) in [7, 11) is -3.74. The fraction of sp³-hybridized carbons (Fsp3) is 0.481. The van der Waals surface area contributed by atoms with Crippen LogP contribution in [0.4, 0.5) is 5.69 Å². The van der Waals surface area contributed by atoms with Gasteiger partial charge in [0.25, 0.3) is 0 Å². The number of anilines is 1. The maximum Gasteiger partial charge on any atom is 0.243 e. The van der Waals surface area contributed by atoms with Crippen LogP contribution in [-0.4, -0.2) is 43.7 Å². The average Bonchev–Trinajstić information content (AvgIpc) is 3.66. The van der Waals surface area contributed by atoms with Crippen molar-refractivity contribution in [2.75, 3.05) is 18.0 Å². The lowest BCUT2D eigenvalue weighted by Crippen LogP contribution is -2.45. The molecule has 2 aliphatic heterocycles. The highest BCUT2D eigenvalue weighted by Crippen LogP contribution is 2.40. The van der Waals surface area contributed by atoms with Crippen molar-refractivity contribution in [2.24, 2.45) is 11.8 Å². The van der Waals surface area contributed by atoms with E-state index < -0.39 is 10.0 Å². The second kappa shape index (κ2) is 9.39. The molecule has 1 saturated carbocycles. The van der Waals surface area contributed by atoms with E-state index in [1.807, 2.05) is 49.1 Å². The van der Waals surface area contributed by atoms with Gasteiger partial charge in [0.05, 0.1) is 16.9 Å². The van der Waals surface area contributed by atoms with E-state index in [4.69, 9.17) is 0 Å². The van der Waals surface area contributed by atoms with Crippen LogP contribution in [0.2, 0.25) is 0 Å². The van der Waals surface area contributed by atoms with Crippen LogP contribution in [-0.2, 0) is 26.0 Å². The Labute approximate surface area is 207 Å². The minimum atomic E-state index is -3.74. The molecule has 2 aromatic rings. The van der Waals surface area contributed by atoms with Gasteiger partial charge in [-0.1, -0.05) is 30.3 Å². The number of piperidine rings is 1. The number of hydrogen-bond acceptors (Lipinski definition) is 4. The van der Waals surface area contributed by atoms with Crippen molar-refractivity contribution in [1.82, 2.24) is 9.62 Å². The predicted octanol–water partition coefficient (Wildman–Crippen LogP) is 3.65. The average molecular weight is 496 g/mol. The molecule has 0 radical (unpaired) electrons. The Morgan fingerprint density at radius 1 is 1.03 bits per heavy atom. The Morgan fingerprint density at radius 3 is 2.49 bits per heavy atom. The van der Waals surface area contributed by atoms with Crippen LogP contribution in [0.15, 0.2) is 53.4 Å². The summed E-state index contributed by atoms with van der Waals surface area (Å²) in [5, 5.41) is 3.05. The molecule has 3 atom stereocenters. The van der Waals surface area contributed by atoms with Crippen molar-refractivity contribution in [2.45, 2.75) is 62.9 Å². The molecule has 1 N–H and O–H groups in total. The fourth-order valence-corrected chi connectivity index (χ4v) is 6.89. The van der Waals surface area contributed by atoms with Gasteiger partial charge in [0, 0.05) is 30.7 Å². The van der Waals surface area contributed by atoms with Crippen LogP contribution in [0.1, 0.15) is 56.7 Å². The van der Waals surface area contributed by atoms with Crippen molar-refractivity contribution in [3.63, 3.8) is 0 Å². The Morgan fingerprint density at radius 2 is 1.77 bits per heavy atom. The van der Waals surface area contributed by atoms with E-state index in [2.05, 4.69) is 5.32 Å². The highest BCUT2D eigenvalue weighted by atomic mass is 32.2. The van der Waals surface area contributed by atoms with Crippen molar-refractivity contribution < 1.29 is 18.0 Å². The third-order valence-electron chi connectivity index (χ3n) is 7.48. The molecule has 0 unspecified atom stereocenters. The number of carbonyl (C=O) groups is 2. The molecule has 2 fully saturated rings. The number of amides is 2. The molecule has 3 aliphatic rings. The first kappa shape index (κ1) is 24.0. The monoisotopic (exact) mass is 495 g/mol. The number of nitrogens with zero attached hydrogens (tertiary/aromatic N) is 2. The van der Waals surface area contributed by atoms with Gasteiger partial charge in [0.15, 0.2) is 0 Å². The van der Waals surface area contributed by atoms with Crippen molar-refractivity contribution in [3.8, 4) is 0 Å². The predicted molar refractivity (Wildman–Crippen MR) is 134 cm³/mol. The zero-order chi connectivity index (χ0) is 24.7. The molecule has 2 heterocycles. The number of carbonyl (C=O) groups excluding carboxylic acids is 2. The number of rotatable bonds is 6. The molecule has 1 aliphatic carbocycles. The van der Waals surface area contributed by atoms with Gasteiger partial charge in [-0.3, -0.25) is 9.59 Å². The van der Waals surface area contributed by atoms with E-state index >= 15 is 0 Å². The maximum absolute atomic E-state index is 13.5. The second-order valence-electron chi connectivity index (χ2n) is 10.2. The maximum atomic E-state index is 13.5. The molecular formula is C27H33N3O4S. The highest BCUT2D eigenvalue weighted by molar-refractivity contribution is 7.89. The molecular weight excluding hydrogens is 462 g/mol. The molecule has 0 spiro atoms. The number of hydrogen-bond donors (Lipinski definition) is 1. The van der Waals surface area contributed by atoms with Gasteiger partial charge < -0.3 is 10.2 Å². The lowest BCUT2D eigenvalue weighted by atomic mass is 9.98. The summed E-state index contributed by atoms with van der Waals surface area (Å²) in [6.45, 7) is 4.53. The van der Waals surface area contributed by atoms with Gasteiger partial charge >= 0.3 is 0 Å². The van der Waals surface area contributed by atoms with Gasteiger partial charge in [-0.05, 0) is 75.3 Å². The van der Waals surface area contributed by atoms with Gasteiger partial charge in [-0.15, -0.1) is 0 Å². The summed E-state index contributed by atoms with van der Waals surface area (Å²) >= 11 is 0. The largest absolute Gasteiger partial charge is 0.349 e. The Kier molecular flexibility index (Phi) is 6.44. The molecule has 1 saturated heterocycles. The summed E-state index contributed by atoms with van der Waals surface area (Å²) in [6, 6.07) is 14.8. The third kappa shape index (κ3) is 4.74. The first-order valence-corrected chi connectivity index (χ1v) is 14.0. The molecule has 0 aromatic heterocycles. The first-order chi connectivity index (χ1) is 16.8. The molecule has 2 amide bonds. The van der Waals surface area contributed by atoms with Gasteiger partial charge in [-0.25, -0.2) is 8.42 Å². The van der Waals surface area contributed by atoms with E-state index in [-0.39, 0.29) is 47.2 Å². The van der Waals surface area contributed by atoms with E-state index in [1.54, 1.807) is 18.2 Å². The summed E-state index contributed by atoms with van der Waals surface area (Å²) in [4.78, 5) is 27.8. The van der Waals surface area contributed by atoms with Crippen LogP contribution in [0, 0.1) is 11.8 Å². The first-order valence-electron chi connectivity index (χ1n) is 12.6. The molecule has 186 valence electrons. The number of nitrogens with one attached hydrogen (secondary N) is 1. The number of benzene rings is 2. The molecule has 35 heavy (non-hydrogen) atoms. The normalized spacial score (nSPS) is 23.5. The quantitative estimate of drug-likeness (QED) is 0.663.